The van der Waals surface area contributed by atoms with Crippen LogP contribution in [0.2, 0.25) is 0 Å². The Bertz CT molecular complexity index is 610. The Morgan fingerprint density at radius 2 is 2.25 bits per heavy atom. The standard InChI is InChI=1S/C15H16N2O2S/c1-2-6-16-7-5-15-17-12(9-20-15)11-3-4-13-14(8-11)19-10-18-13/h2-4,8-9,16H,1,5-7,10H2. The molecule has 1 aliphatic heterocycles. The molecular weight excluding hydrogens is 272 g/mol. The highest BCUT2D eigenvalue weighted by Gasteiger charge is 2.14. The number of rotatable bonds is 6. The van der Waals surface area contributed by atoms with Gasteiger partial charge in [0.2, 0.25) is 6.79 Å². The van der Waals surface area contributed by atoms with Crippen LogP contribution >= 0.6 is 11.3 Å². The van der Waals surface area contributed by atoms with Crippen molar-refractivity contribution >= 4 is 11.3 Å². The second kappa shape index (κ2) is 6.07. The minimum atomic E-state index is 0.302. The predicted molar refractivity (Wildman–Crippen MR) is 80.4 cm³/mol. The highest BCUT2D eigenvalue weighted by molar-refractivity contribution is 7.09. The Morgan fingerprint density at radius 3 is 3.15 bits per heavy atom. The van der Waals surface area contributed by atoms with E-state index in [1.54, 1.807) is 11.3 Å². The lowest BCUT2D eigenvalue weighted by Gasteiger charge is -2.00. The third kappa shape index (κ3) is 2.84. The maximum Gasteiger partial charge on any atom is 0.231 e. The fourth-order valence-corrected chi connectivity index (χ4v) is 2.82. The highest BCUT2D eigenvalue weighted by atomic mass is 32.1. The van der Waals surface area contributed by atoms with Gasteiger partial charge < -0.3 is 14.8 Å². The summed E-state index contributed by atoms with van der Waals surface area (Å²) in [5, 5.41) is 6.50. The number of fused-ring (bicyclic) bond motifs is 1. The molecule has 0 radical (unpaired) electrons. The summed E-state index contributed by atoms with van der Waals surface area (Å²) in [5.41, 5.74) is 2.06. The van der Waals surface area contributed by atoms with Crippen LogP contribution in [0.1, 0.15) is 5.01 Å². The Balaban J connectivity index is 1.68. The largest absolute Gasteiger partial charge is 0.454 e. The molecule has 0 bridgehead atoms. The monoisotopic (exact) mass is 288 g/mol. The molecule has 0 fully saturated rings. The van der Waals surface area contributed by atoms with Gasteiger partial charge in [-0.25, -0.2) is 4.98 Å². The van der Waals surface area contributed by atoms with Gasteiger partial charge in [-0.05, 0) is 18.2 Å². The average molecular weight is 288 g/mol. The third-order valence-electron chi connectivity index (χ3n) is 3.02. The van der Waals surface area contributed by atoms with Crippen LogP contribution in [0.5, 0.6) is 11.5 Å². The van der Waals surface area contributed by atoms with E-state index in [1.165, 1.54) is 0 Å². The summed E-state index contributed by atoms with van der Waals surface area (Å²) >= 11 is 1.69. The molecule has 0 atom stereocenters. The van der Waals surface area contributed by atoms with E-state index >= 15 is 0 Å². The van der Waals surface area contributed by atoms with Crippen LogP contribution in [0, 0.1) is 0 Å². The van der Waals surface area contributed by atoms with E-state index in [0.717, 1.165) is 47.3 Å². The van der Waals surface area contributed by atoms with Crippen LogP contribution in [0.15, 0.2) is 36.2 Å². The molecule has 1 aromatic heterocycles. The Labute approximate surface area is 122 Å². The first-order valence-electron chi connectivity index (χ1n) is 6.53. The fraction of sp³-hybridized carbons (Fsp3) is 0.267. The second-order valence-electron chi connectivity index (χ2n) is 4.44. The number of aromatic nitrogens is 1. The predicted octanol–water partition coefficient (Wildman–Crippen LogP) is 2.86. The zero-order chi connectivity index (χ0) is 13.8. The van der Waals surface area contributed by atoms with E-state index in [9.17, 15) is 0 Å². The van der Waals surface area contributed by atoms with Gasteiger partial charge in [-0.1, -0.05) is 6.08 Å². The quantitative estimate of drug-likeness (QED) is 0.655. The summed E-state index contributed by atoms with van der Waals surface area (Å²) in [6.07, 6.45) is 2.79. The summed E-state index contributed by atoms with van der Waals surface area (Å²) in [4.78, 5) is 4.66. The van der Waals surface area contributed by atoms with E-state index in [0.29, 0.717) is 6.79 Å². The molecule has 1 N–H and O–H groups in total. The van der Waals surface area contributed by atoms with Crippen molar-refractivity contribution in [3.63, 3.8) is 0 Å². The minimum absolute atomic E-state index is 0.302. The first kappa shape index (κ1) is 13.1. The van der Waals surface area contributed by atoms with Crippen LogP contribution < -0.4 is 14.8 Å². The molecule has 1 aliphatic rings. The SMILES string of the molecule is C=CCNCCc1nc(-c2ccc3c(c2)OCO3)cs1. The molecule has 0 spiro atoms. The summed E-state index contributed by atoms with van der Waals surface area (Å²) < 4.78 is 10.7. The maximum atomic E-state index is 5.39. The summed E-state index contributed by atoms with van der Waals surface area (Å²) in [6, 6.07) is 5.93. The van der Waals surface area contributed by atoms with Crippen LogP contribution in [0.3, 0.4) is 0 Å². The lowest BCUT2D eigenvalue weighted by Crippen LogP contribution is -2.16. The molecular formula is C15H16N2O2S. The molecule has 2 heterocycles. The summed E-state index contributed by atoms with van der Waals surface area (Å²) in [7, 11) is 0. The molecule has 104 valence electrons. The molecule has 5 heteroatoms. The number of thiazole rings is 1. The van der Waals surface area contributed by atoms with Crippen LogP contribution in [0.25, 0.3) is 11.3 Å². The lowest BCUT2D eigenvalue weighted by molar-refractivity contribution is 0.174. The van der Waals surface area contributed by atoms with Gasteiger partial charge in [0, 0.05) is 30.5 Å². The van der Waals surface area contributed by atoms with Gasteiger partial charge in [-0.2, -0.15) is 0 Å². The van der Waals surface area contributed by atoms with Crippen molar-refractivity contribution in [3.05, 3.63) is 41.2 Å². The van der Waals surface area contributed by atoms with Gasteiger partial charge in [-0.3, -0.25) is 0 Å². The smallest absolute Gasteiger partial charge is 0.231 e. The molecule has 4 nitrogen and oxygen atoms in total. The van der Waals surface area contributed by atoms with Crippen LogP contribution in [-0.2, 0) is 6.42 Å². The lowest BCUT2D eigenvalue weighted by atomic mass is 10.1. The molecule has 0 amide bonds. The van der Waals surface area contributed by atoms with Crippen molar-refractivity contribution in [3.8, 4) is 22.8 Å². The number of hydrogen-bond donors (Lipinski definition) is 1. The Hall–Kier alpha value is -1.85. The van der Waals surface area contributed by atoms with Crippen molar-refractivity contribution in [1.82, 2.24) is 10.3 Å². The summed E-state index contributed by atoms with van der Waals surface area (Å²) in [5.74, 6) is 1.60. The van der Waals surface area contributed by atoms with Crippen LogP contribution in [-0.4, -0.2) is 24.9 Å². The van der Waals surface area contributed by atoms with Crippen molar-refractivity contribution < 1.29 is 9.47 Å². The Morgan fingerprint density at radius 1 is 1.35 bits per heavy atom. The molecule has 3 rings (SSSR count). The summed E-state index contributed by atoms with van der Waals surface area (Å²) in [6.45, 7) is 5.73. The van der Waals surface area contributed by atoms with Gasteiger partial charge in [0.05, 0.1) is 10.7 Å². The van der Waals surface area contributed by atoms with E-state index in [-0.39, 0.29) is 0 Å². The van der Waals surface area contributed by atoms with Crippen molar-refractivity contribution in [1.29, 1.82) is 0 Å². The van der Waals surface area contributed by atoms with Crippen molar-refractivity contribution in [2.24, 2.45) is 0 Å². The number of hydrogen-bond acceptors (Lipinski definition) is 5. The average Bonchev–Trinajstić information content (AvgIpc) is 3.11. The van der Waals surface area contributed by atoms with Crippen molar-refractivity contribution in [2.75, 3.05) is 19.9 Å². The van der Waals surface area contributed by atoms with Gasteiger partial charge in [0.1, 0.15) is 0 Å². The molecule has 2 aromatic rings. The number of nitrogens with one attached hydrogen (secondary N) is 1. The molecule has 0 aliphatic carbocycles. The van der Waals surface area contributed by atoms with Gasteiger partial charge in [-0.15, -0.1) is 17.9 Å². The van der Waals surface area contributed by atoms with Gasteiger partial charge >= 0.3 is 0 Å². The first-order valence-corrected chi connectivity index (χ1v) is 7.41. The molecule has 1 aromatic carbocycles. The number of nitrogens with zero attached hydrogens (tertiary/aromatic N) is 1. The van der Waals surface area contributed by atoms with Gasteiger partial charge in [0.25, 0.3) is 0 Å². The normalized spacial score (nSPS) is 12.6. The Kier molecular flexibility index (Phi) is 3.99. The van der Waals surface area contributed by atoms with E-state index in [2.05, 4.69) is 22.3 Å². The first-order chi connectivity index (χ1) is 9.86. The molecule has 20 heavy (non-hydrogen) atoms. The second-order valence-corrected chi connectivity index (χ2v) is 5.38. The molecule has 0 saturated carbocycles. The van der Waals surface area contributed by atoms with E-state index in [1.807, 2.05) is 24.3 Å². The fourth-order valence-electron chi connectivity index (χ4n) is 2.01. The molecule has 0 unspecified atom stereocenters. The van der Waals surface area contributed by atoms with E-state index in [4.69, 9.17) is 9.47 Å². The zero-order valence-corrected chi connectivity index (χ0v) is 11.9. The van der Waals surface area contributed by atoms with Crippen molar-refractivity contribution in [2.45, 2.75) is 6.42 Å². The topological polar surface area (TPSA) is 43.4 Å². The van der Waals surface area contributed by atoms with E-state index < -0.39 is 0 Å². The highest BCUT2D eigenvalue weighted by Crippen LogP contribution is 2.36. The number of ether oxygens (including phenoxy) is 2. The van der Waals surface area contributed by atoms with Crippen LogP contribution in [0.4, 0.5) is 0 Å². The van der Waals surface area contributed by atoms with Gasteiger partial charge in [0.15, 0.2) is 11.5 Å². The minimum Gasteiger partial charge on any atom is -0.454 e. The maximum absolute atomic E-state index is 5.39. The molecule has 0 saturated heterocycles. The zero-order valence-electron chi connectivity index (χ0n) is 11.1. The third-order valence-corrected chi connectivity index (χ3v) is 3.93. The number of benzene rings is 1.